The summed E-state index contributed by atoms with van der Waals surface area (Å²) in [5.41, 5.74) is -14.9. The smallest absolute Gasteiger partial charge is 0.331 e. The van der Waals surface area contributed by atoms with Crippen LogP contribution in [0.2, 0.25) is 0 Å². The van der Waals surface area contributed by atoms with Crippen molar-refractivity contribution in [1.29, 1.82) is 0 Å². The first-order valence-electron chi connectivity index (χ1n) is 32.4. The third-order valence-corrected chi connectivity index (χ3v) is 13.7. The maximum absolute atomic E-state index is 15.6. The molecule has 2 unspecified atom stereocenters. The van der Waals surface area contributed by atoms with Crippen LogP contribution in [-0.2, 0) is 191 Å². The van der Waals surface area contributed by atoms with Crippen LogP contribution in [0.15, 0.2) is 122 Å². The molecule has 0 amide bonds. The molecular formula is C70H72O50. The first kappa shape index (κ1) is 104. The van der Waals surface area contributed by atoms with Gasteiger partial charge >= 0.3 is 149 Å². The van der Waals surface area contributed by atoms with Crippen LogP contribution >= 0.6 is 0 Å². The molecular weight excluding hydrogens is 1640 g/mol. The maximum Gasteiger partial charge on any atom is 0.331 e. The SMILES string of the molecule is CC(COC(=O)/C=C\C(=O)O)(COC(=O)/C=C\C(=O)O)C(=O)OCC(OC(=O)C(C)(COC(=O)/C=C\C(=O)O)COC(=O)/C=C\C(=O)O)C(OC(=O)C(C)(COC(=O)/C=C\C(=O)O)COC(=O)/C=C\C(=O)O)C(COC(=O)C(C)(COC(=O)/C=C\C(=O)O)COC(=O)/C=C\C(=O)O)OC(=O)C(C)(COC(=O)/C=C\C(=O)O)COC(=O)/C=C\C(=O)O. The van der Waals surface area contributed by atoms with Gasteiger partial charge in [0, 0.05) is 122 Å². The number of carboxylic acids is 10. The van der Waals surface area contributed by atoms with E-state index in [1.54, 1.807) is 0 Å². The number of carbonyl (C=O) groups is 25. The minimum absolute atomic E-state index is 0.133. The zero-order valence-electron chi connectivity index (χ0n) is 62.6. The van der Waals surface area contributed by atoms with E-state index in [-0.39, 0.29) is 122 Å². The average Bonchev–Trinajstić information content (AvgIpc) is 0.795. The van der Waals surface area contributed by atoms with Gasteiger partial charge in [0.05, 0.1) is 0 Å². The Morgan fingerprint density at radius 1 is 0.192 bits per heavy atom. The molecule has 0 fully saturated rings. The van der Waals surface area contributed by atoms with Crippen LogP contribution in [-0.4, -0.2) is 298 Å². The Balaban J connectivity index is 10.7. The molecule has 0 aliphatic heterocycles. The van der Waals surface area contributed by atoms with Crippen LogP contribution in [0.3, 0.4) is 0 Å². The van der Waals surface area contributed by atoms with Crippen LogP contribution in [0.1, 0.15) is 34.6 Å². The maximum atomic E-state index is 15.6. The lowest BCUT2D eigenvalue weighted by atomic mass is 9.91. The van der Waals surface area contributed by atoms with Crippen molar-refractivity contribution in [1.82, 2.24) is 0 Å². The minimum Gasteiger partial charge on any atom is -0.478 e. The molecule has 0 aromatic heterocycles. The second-order valence-corrected chi connectivity index (χ2v) is 24.6. The monoisotopic (exact) mass is 1710 g/mol. The number of rotatable bonds is 54. The lowest BCUT2D eigenvalue weighted by molar-refractivity contribution is -0.215. The molecule has 652 valence electrons. The third kappa shape index (κ3) is 44.0. The van der Waals surface area contributed by atoms with E-state index in [2.05, 4.69) is 0 Å². The van der Waals surface area contributed by atoms with Crippen LogP contribution in [0.5, 0.6) is 0 Å². The molecule has 0 saturated heterocycles. The molecule has 0 aliphatic carbocycles. The second-order valence-electron chi connectivity index (χ2n) is 24.6. The van der Waals surface area contributed by atoms with Gasteiger partial charge in [0.25, 0.3) is 0 Å². The molecule has 0 aromatic rings. The van der Waals surface area contributed by atoms with Gasteiger partial charge < -0.3 is 122 Å². The van der Waals surface area contributed by atoms with E-state index in [1.807, 2.05) is 0 Å². The Morgan fingerprint density at radius 3 is 0.450 bits per heavy atom. The largest absolute Gasteiger partial charge is 0.478 e. The molecule has 50 nitrogen and oxygen atoms in total. The van der Waals surface area contributed by atoms with Crippen molar-refractivity contribution in [3.8, 4) is 0 Å². The van der Waals surface area contributed by atoms with Crippen molar-refractivity contribution in [3.63, 3.8) is 0 Å². The number of ether oxygens (including phenoxy) is 15. The van der Waals surface area contributed by atoms with Crippen LogP contribution < -0.4 is 0 Å². The van der Waals surface area contributed by atoms with Crippen molar-refractivity contribution < 1.29 is 242 Å². The summed E-state index contributed by atoms with van der Waals surface area (Å²) in [7, 11) is 0. The highest BCUT2D eigenvalue weighted by molar-refractivity contribution is 5.97. The van der Waals surface area contributed by atoms with Gasteiger partial charge in [0.2, 0.25) is 0 Å². The Morgan fingerprint density at radius 2 is 0.317 bits per heavy atom. The van der Waals surface area contributed by atoms with Gasteiger partial charge in [-0.15, -0.1) is 0 Å². The highest BCUT2D eigenvalue weighted by Crippen LogP contribution is 2.32. The summed E-state index contributed by atoms with van der Waals surface area (Å²) in [6, 6.07) is 0. The molecule has 0 saturated carbocycles. The highest BCUT2D eigenvalue weighted by atomic mass is 16.7. The van der Waals surface area contributed by atoms with Gasteiger partial charge in [-0.05, 0) is 34.6 Å². The summed E-state index contributed by atoms with van der Waals surface area (Å²) in [6.45, 7) is -16.7. The van der Waals surface area contributed by atoms with E-state index >= 15 is 14.4 Å². The van der Waals surface area contributed by atoms with Crippen molar-refractivity contribution in [2.24, 2.45) is 27.1 Å². The molecule has 2 atom stereocenters. The Hall–Kier alpha value is -15.9. The highest BCUT2D eigenvalue weighted by Gasteiger charge is 2.52. The van der Waals surface area contributed by atoms with Gasteiger partial charge in [-0.2, -0.15) is 0 Å². The van der Waals surface area contributed by atoms with E-state index in [4.69, 9.17) is 91.5 Å². The first-order chi connectivity index (χ1) is 55.7. The predicted molar refractivity (Wildman–Crippen MR) is 369 cm³/mol. The summed E-state index contributed by atoms with van der Waals surface area (Å²) in [4.78, 5) is 320. The van der Waals surface area contributed by atoms with Crippen molar-refractivity contribution in [2.45, 2.75) is 52.9 Å². The Kier molecular flexibility index (Phi) is 44.3. The number of aliphatic carboxylic acids is 10. The van der Waals surface area contributed by atoms with E-state index in [0.717, 1.165) is 0 Å². The minimum atomic E-state index is -3.39. The quantitative estimate of drug-likeness (QED) is 0.0162. The number of hydrogen-bond acceptors (Lipinski definition) is 40. The Bertz CT molecular complexity index is 3840. The number of esters is 15. The van der Waals surface area contributed by atoms with Crippen molar-refractivity contribution in [2.75, 3.05) is 79.3 Å². The summed E-state index contributed by atoms with van der Waals surface area (Å²) in [5.74, 6) is -45.7. The van der Waals surface area contributed by atoms with E-state index in [1.165, 1.54) is 0 Å². The molecule has 0 heterocycles. The standard InChI is InChI=1S/C70H72O50/c1-66(28-108-50(91)16-6-40(71)72,29-109-51(92)17-7-41(73)74)61(101)106-26-38(118-63(103)68(3,32-112-54(95)20-10-44(79)80)33-113-55(96)21-11-45(81)82)60(120-65(105)70(5,36-116-58(99)24-14-48(87)88)37-117-59(100)25-15-49(89)90)39(119-64(104)69(4,34-114-56(97)22-12-46(83)84)35-115-57(98)23-13-47(85)86)27-107-62(102)67(2,30-110-52(93)18-8-42(75)76)31-111-53(94)19-9-43(77)78/h6-25,38-39,60H,26-37H2,1-5H3,(H,71,72)(H,73,74)(H,75,76)(H,77,78)(H,79,80)(H,81,82)(H,83,84)(H,85,86)(H,87,88)(H,89,90)/b16-6-,17-7-,18-8-,19-9-,20-10-,21-11-,22-12-,23-13-,24-14-,25-15-. The average molecular weight is 1710 g/mol. The van der Waals surface area contributed by atoms with Gasteiger partial charge in [0.15, 0.2) is 18.3 Å². The predicted octanol–water partition coefficient (Wildman–Crippen LogP) is -3.32. The van der Waals surface area contributed by atoms with E-state index in [0.29, 0.717) is 34.6 Å². The zero-order valence-corrected chi connectivity index (χ0v) is 62.6. The number of carbonyl (C=O) groups excluding carboxylic acids is 15. The van der Waals surface area contributed by atoms with Crippen molar-refractivity contribution >= 4 is 149 Å². The first-order valence-corrected chi connectivity index (χ1v) is 32.4. The van der Waals surface area contributed by atoms with Crippen LogP contribution in [0, 0.1) is 27.1 Å². The van der Waals surface area contributed by atoms with E-state index < -0.39 is 274 Å². The van der Waals surface area contributed by atoms with Gasteiger partial charge in [0.1, 0.15) is 106 Å². The molecule has 0 spiro atoms. The van der Waals surface area contributed by atoms with E-state index in [9.17, 15) is 136 Å². The normalized spacial score (nSPS) is 12.7. The molecule has 120 heavy (non-hydrogen) atoms. The fraction of sp³-hybridized carbons (Fsp3) is 0.357. The summed E-state index contributed by atoms with van der Waals surface area (Å²) < 4.78 is 78.7. The number of hydrogen-bond donors (Lipinski definition) is 10. The second kappa shape index (κ2) is 51.1. The lowest BCUT2D eigenvalue weighted by Crippen LogP contribution is -2.55. The van der Waals surface area contributed by atoms with Gasteiger partial charge in [-0.3, -0.25) is 24.0 Å². The lowest BCUT2D eigenvalue weighted by Gasteiger charge is -2.38. The molecule has 0 rings (SSSR count). The van der Waals surface area contributed by atoms with Crippen LogP contribution in [0.4, 0.5) is 0 Å². The Labute approximate surface area is 670 Å². The number of carboxylic acid groups (broad SMARTS) is 10. The summed E-state index contributed by atoms with van der Waals surface area (Å²) >= 11 is 0. The van der Waals surface area contributed by atoms with Gasteiger partial charge in [-0.1, -0.05) is 0 Å². The topological polar surface area (TPSA) is 768 Å². The van der Waals surface area contributed by atoms with Crippen molar-refractivity contribution in [3.05, 3.63) is 122 Å². The summed E-state index contributed by atoms with van der Waals surface area (Å²) in [5, 5.41) is 92.1. The summed E-state index contributed by atoms with van der Waals surface area (Å²) in [6.07, 6.45) is -6.40. The third-order valence-electron chi connectivity index (χ3n) is 13.7. The molecule has 10 N–H and O–H groups in total. The molecule has 0 radical (unpaired) electrons. The van der Waals surface area contributed by atoms with Gasteiger partial charge in [-0.25, -0.2) is 95.9 Å². The molecule has 0 bridgehead atoms. The molecule has 50 heteroatoms. The zero-order chi connectivity index (χ0) is 91.9. The molecule has 0 aromatic carbocycles. The molecule has 0 aliphatic rings. The van der Waals surface area contributed by atoms with Crippen LogP contribution in [0.25, 0.3) is 0 Å². The fourth-order valence-corrected chi connectivity index (χ4v) is 7.25. The fourth-order valence-electron chi connectivity index (χ4n) is 7.25.